The van der Waals surface area contributed by atoms with Crippen LogP contribution in [-0.4, -0.2) is 76.3 Å². The standard InChI is InChI=1S/C13H19NO.C12H16BrNO.C11H15BrN2O.C11H16N2O.C7H14.C6H12O.C5H6N2O.C4H8O/c1-10-8-14-11(2)7-13(10)15-9-12-5-3-4-6-12;1-9-6-12(11(13)7-14-9)15-8-10-4-2-3-5-10;12-9-6-14-11(13)5-10(9)15-7-8-3-1-2-4-8;12-11-7-10(5-6-13-11)14-8-9-3-1-2-4-9;1-2-7-5-3-4-6-7;7-5-6-3-1-2-4-6;6-5-3-4(8)1-2-7-5;1-2-4-5-3-1/h7-8,12H,3-6,9H2,1-2H3;6-7,10H,2-5,8H2,1H3;5-6,8H,1-4,7H2,(H2,13,14);5-7,9H,1-4,8H2,(H2,12,13);7H,2-6H2,1H3;6-7H,1-5H2;1-3H,(H3,6,7,8);1-4H2. The molecule has 0 unspecified atom stereocenters. The summed E-state index contributed by atoms with van der Waals surface area (Å²) in [5.41, 5.74) is 19.5. The van der Waals surface area contributed by atoms with Gasteiger partial charge in [-0.05, 0) is 171 Å². The molecule has 12 rings (SSSR count). The number of hydrogen-bond donors (Lipinski definition) is 5. The molecular weight excluding hydrogens is 1210 g/mol. The van der Waals surface area contributed by atoms with Crippen molar-refractivity contribution in [1.29, 1.82) is 0 Å². The first-order valence-corrected chi connectivity index (χ1v) is 34.2. The zero-order valence-electron chi connectivity index (χ0n) is 52.6. The van der Waals surface area contributed by atoms with E-state index in [0.29, 0.717) is 35.9 Å². The number of hydrogen-bond acceptors (Lipinski definition) is 14. The number of aromatic amines is 1. The number of ether oxygens (including phenoxy) is 5. The molecule has 5 aromatic rings. The smallest absolute Gasteiger partial charge is 0.183 e. The van der Waals surface area contributed by atoms with Crippen molar-refractivity contribution in [3.8, 4) is 23.0 Å². The number of aromatic nitrogens is 5. The van der Waals surface area contributed by atoms with Crippen molar-refractivity contribution in [3.05, 3.63) is 110 Å². The Balaban J connectivity index is 0.000000184. The van der Waals surface area contributed by atoms with Crippen molar-refractivity contribution in [3.63, 3.8) is 0 Å². The van der Waals surface area contributed by atoms with Crippen molar-refractivity contribution in [2.45, 2.75) is 201 Å². The third-order valence-corrected chi connectivity index (χ3v) is 18.1. The maximum Gasteiger partial charge on any atom is 0.183 e. The Labute approximate surface area is 532 Å². The zero-order valence-corrected chi connectivity index (χ0v) is 55.8. The highest BCUT2D eigenvalue weighted by molar-refractivity contribution is 9.10. The van der Waals surface area contributed by atoms with Crippen LogP contribution in [-0.2, 0) is 4.74 Å². The average Bonchev–Trinajstić information content (AvgIpc) is 4.49. The largest absolute Gasteiger partial charge is 0.493 e. The van der Waals surface area contributed by atoms with Gasteiger partial charge in [0.1, 0.15) is 40.5 Å². The monoisotopic (exact) mass is 1320 g/mol. The van der Waals surface area contributed by atoms with Gasteiger partial charge < -0.3 is 51.0 Å². The maximum absolute atomic E-state index is 10.4. The van der Waals surface area contributed by atoms with Gasteiger partial charge in [-0.1, -0.05) is 103 Å². The van der Waals surface area contributed by atoms with Crippen LogP contribution < -0.4 is 41.6 Å². The van der Waals surface area contributed by atoms with Crippen LogP contribution in [0.5, 0.6) is 23.0 Å². The third kappa shape index (κ3) is 30.8. The molecule has 17 heteroatoms. The molecule has 15 nitrogen and oxygen atoms in total. The van der Waals surface area contributed by atoms with Crippen molar-refractivity contribution in [2.24, 2.45) is 35.5 Å². The Morgan fingerprint density at radius 1 is 0.512 bits per heavy atom. The van der Waals surface area contributed by atoms with Gasteiger partial charge in [-0.25, -0.2) is 9.97 Å². The maximum atomic E-state index is 10.4. The van der Waals surface area contributed by atoms with Crippen LogP contribution in [0.4, 0.5) is 17.5 Å². The van der Waals surface area contributed by atoms with Crippen LogP contribution >= 0.6 is 31.9 Å². The third-order valence-electron chi connectivity index (χ3n) is 17.0. The molecule has 478 valence electrons. The van der Waals surface area contributed by atoms with E-state index in [-0.39, 0.29) is 5.43 Å². The number of nitrogens with one attached hydrogen (secondary N) is 1. The van der Waals surface area contributed by atoms with Gasteiger partial charge in [0.2, 0.25) is 0 Å². The van der Waals surface area contributed by atoms with Crippen molar-refractivity contribution < 1.29 is 28.8 Å². The zero-order chi connectivity index (χ0) is 61.6. The minimum atomic E-state index is -0.0683. The minimum Gasteiger partial charge on any atom is -0.493 e. The summed E-state index contributed by atoms with van der Waals surface area (Å²) in [7, 11) is 0. The molecular formula is C69H106Br2N8O7. The Hall–Kier alpha value is -4.97. The number of rotatable bonds is 14. The fraction of sp³-hybridized carbons (Fsp3) is 0.638. The summed E-state index contributed by atoms with van der Waals surface area (Å²) >= 11 is 6.85. The van der Waals surface area contributed by atoms with Gasteiger partial charge in [0.15, 0.2) is 5.43 Å². The number of pyridine rings is 5. The number of halogens is 2. The van der Waals surface area contributed by atoms with Gasteiger partial charge in [-0.15, -0.1) is 0 Å². The molecule has 0 spiro atoms. The summed E-state index contributed by atoms with van der Waals surface area (Å²) in [6.45, 7) is 14.1. The molecule has 8 N–H and O–H groups in total. The minimum absolute atomic E-state index is 0.0683. The fourth-order valence-corrected chi connectivity index (χ4v) is 12.2. The van der Waals surface area contributed by atoms with Crippen molar-refractivity contribution in [1.82, 2.24) is 24.9 Å². The lowest BCUT2D eigenvalue weighted by molar-refractivity contribution is 0.198. The normalized spacial score (nSPS) is 17.7. The Bertz CT molecular complexity index is 2440. The van der Waals surface area contributed by atoms with E-state index >= 15 is 0 Å². The SMILES string of the molecule is C1CCOC1.CCC1CCCC1.Cc1cc(OCC2CCCC2)c(Br)cn1.Cc1cc(OCC2CCCC2)c(C)cn1.Nc1cc(=O)cc[nH]1.Nc1cc(OCC2CCCC2)c(Br)cn1.Nc1cc(OCC2CCCC2)ccn1.OCC1CCCC1. The Morgan fingerprint density at radius 2 is 0.930 bits per heavy atom. The number of nitrogens with two attached hydrogens (primary N) is 3. The molecule has 0 amide bonds. The van der Waals surface area contributed by atoms with E-state index in [4.69, 9.17) is 46.0 Å². The van der Waals surface area contributed by atoms with Crippen LogP contribution in [0.3, 0.4) is 0 Å². The lowest BCUT2D eigenvalue weighted by Gasteiger charge is -2.13. The number of aryl methyl sites for hydroxylation is 3. The lowest BCUT2D eigenvalue weighted by atomic mass is 10.1. The van der Waals surface area contributed by atoms with Crippen LogP contribution in [0, 0.1) is 56.3 Å². The molecule has 6 aliphatic carbocycles. The summed E-state index contributed by atoms with van der Waals surface area (Å²) in [6, 6.07) is 12.2. The Kier molecular flexibility index (Phi) is 35.7. The second-order valence-electron chi connectivity index (χ2n) is 24.3. The van der Waals surface area contributed by atoms with E-state index in [1.807, 2.05) is 38.2 Å². The molecule has 7 fully saturated rings. The summed E-state index contributed by atoms with van der Waals surface area (Å²) in [6.07, 6.45) is 45.1. The van der Waals surface area contributed by atoms with Crippen LogP contribution in [0.1, 0.15) is 197 Å². The molecule has 0 aromatic carbocycles. The van der Waals surface area contributed by atoms with Crippen LogP contribution in [0.2, 0.25) is 0 Å². The van der Waals surface area contributed by atoms with E-state index in [2.05, 4.69) is 70.6 Å². The molecule has 6 heterocycles. The molecule has 0 bridgehead atoms. The number of anilines is 3. The summed E-state index contributed by atoms with van der Waals surface area (Å²) in [4.78, 5) is 29.4. The first-order valence-electron chi connectivity index (χ1n) is 32.6. The van der Waals surface area contributed by atoms with Crippen molar-refractivity contribution in [2.75, 3.05) is 63.4 Å². The van der Waals surface area contributed by atoms with E-state index in [1.54, 1.807) is 30.7 Å². The van der Waals surface area contributed by atoms with Gasteiger partial charge >= 0.3 is 0 Å². The van der Waals surface area contributed by atoms with Gasteiger partial charge in [0.05, 0.1) is 35.4 Å². The number of aliphatic hydroxyl groups excluding tert-OH is 1. The predicted octanol–water partition coefficient (Wildman–Crippen LogP) is 16.7. The highest BCUT2D eigenvalue weighted by atomic mass is 79.9. The first kappa shape index (κ1) is 71.8. The number of nitrogens with zero attached hydrogens (tertiary/aromatic N) is 4. The Morgan fingerprint density at radius 3 is 1.34 bits per heavy atom. The highest BCUT2D eigenvalue weighted by Crippen LogP contribution is 2.32. The predicted molar refractivity (Wildman–Crippen MR) is 358 cm³/mol. The molecule has 1 aliphatic heterocycles. The second-order valence-corrected chi connectivity index (χ2v) is 26.0. The quantitative estimate of drug-likeness (QED) is 0.0697. The molecule has 7 aliphatic rings. The van der Waals surface area contributed by atoms with Crippen molar-refractivity contribution >= 4 is 49.3 Å². The molecule has 1 saturated heterocycles. The number of aliphatic hydroxyl groups is 1. The summed E-state index contributed by atoms with van der Waals surface area (Å²) in [5.74, 6) is 9.73. The fourth-order valence-electron chi connectivity index (χ4n) is 11.6. The lowest BCUT2D eigenvalue weighted by Crippen LogP contribution is -2.09. The summed E-state index contributed by atoms with van der Waals surface area (Å²) in [5, 5.41) is 8.57. The topological polar surface area (TPSA) is 229 Å². The number of H-pyrrole nitrogens is 1. The van der Waals surface area contributed by atoms with Gasteiger partial charge in [-0.3, -0.25) is 14.8 Å². The van der Waals surface area contributed by atoms with E-state index < -0.39 is 0 Å². The van der Waals surface area contributed by atoms with E-state index in [9.17, 15) is 4.79 Å². The second kappa shape index (κ2) is 42.8. The van der Waals surface area contributed by atoms with Gasteiger partial charge in [0.25, 0.3) is 0 Å². The van der Waals surface area contributed by atoms with Crippen LogP contribution in [0.15, 0.2) is 87.2 Å². The highest BCUT2D eigenvalue weighted by Gasteiger charge is 2.20. The van der Waals surface area contributed by atoms with Gasteiger partial charge in [0, 0.05) is 104 Å². The van der Waals surface area contributed by atoms with Gasteiger partial charge in [-0.2, -0.15) is 0 Å². The molecule has 0 radical (unpaired) electrons. The van der Waals surface area contributed by atoms with E-state index in [0.717, 1.165) is 112 Å². The molecule has 5 aromatic heterocycles. The molecule has 0 atom stereocenters. The summed E-state index contributed by atoms with van der Waals surface area (Å²) < 4.78 is 29.8. The average molecular weight is 1320 g/mol. The first-order chi connectivity index (χ1) is 41.8. The molecule has 6 saturated carbocycles. The number of nitrogen functional groups attached to an aromatic ring is 3. The van der Waals surface area contributed by atoms with E-state index in [1.165, 1.54) is 192 Å². The molecule has 86 heavy (non-hydrogen) atoms. The van der Waals surface area contributed by atoms with Crippen LogP contribution in [0.25, 0.3) is 0 Å².